The lowest BCUT2D eigenvalue weighted by atomic mass is 10.1. The summed E-state index contributed by atoms with van der Waals surface area (Å²) in [6.45, 7) is 2.25. The summed E-state index contributed by atoms with van der Waals surface area (Å²) in [6.07, 6.45) is 0.679. The lowest BCUT2D eigenvalue weighted by Crippen LogP contribution is -2.07. The second kappa shape index (κ2) is 6.33. The van der Waals surface area contributed by atoms with Gasteiger partial charge in [0.15, 0.2) is 0 Å². The monoisotopic (exact) mass is 248 g/mol. The van der Waals surface area contributed by atoms with Gasteiger partial charge in [-0.25, -0.2) is 0 Å². The summed E-state index contributed by atoms with van der Waals surface area (Å²) in [6, 6.07) is 5.43. The Labute approximate surface area is 100 Å². The van der Waals surface area contributed by atoms with Crippen molar-refractivity contribution >= 4 is 23.2 Å². The summed E-state index contributed by atoms with van der Waals surface area (Å²) >= 11 is 12.2. The first kappa shape index (κ1) is 12.8. The van der Waals surface area contributed by atoms with Crippen molar-refractivity contribution in [2.45, 2.75) is 19.4 Å². The van der Waals surface area contributed by atoms with Crippen LogP contribution in [0.5, 0.6) is 0 Å². The maximum absolute atomic E-state index is 6.08. The molecule has 1 aromatic carbocycles. The average Bonchev–Trinajstić information content (AvgIpc) is 2.22. The molecule has 15 heavy (non-hydrogen) atoms. The van der Waals surface area contributed by atoms with Crippen molar-refractivity contribution in [1.29, 1.82) is 0 Å². The zero-order chi connectivity index (χ0) is 11.3. The zero-order valence-corrected chi connectivity index (χ0v) is 10.3. The molecular formula is C11H14Cl2O2. The minimum absolute atomic E-state index is 0.119. The van der Waals surface area contributed by atoms with Gasteiger partial charge in [-0.3, -0.25) is 0 Å². The Kier molecular flexibility index (Phi) is 5.40. The van der Waals surface area contributed by atoms with Crippen LogP contribution >= 0.6 is 23.2 Å². The van der Waals surface area contributed by atoms with Gasteiger partial charge in [0.05, 0.1) is 6.10 Å². The molecule has 1 atom stereocenters. The fourth-order valence-electron chi connectivity index (χ4n) is 1.37. The van der Waals surface area contributed by atoms with Crippen molar-refractivity contribution in [1.82, 2.24) is 0 Å². The van der Waals surface area contributed by atoms with Crippen LogP contribution in [0.25, 0.3) is 0 Å². The molecule has 0 N–H and O–H groups in total. The Morgan fingerprint density at radius 2 is 1.87 bits per heavy atom. The van der Waals surface area contributed by atoms with Crippen molar-refractivity contribution in [3.63, 3.8) is 0 Å². The predicted octanol–water partition coefficient (Wildman–Crippen LogP) is 4.07. The van der Waals surface area contributed by atoms with E-state index in [1.165, 1.54) is 0 Å². The van der Waals surface area contributed by atoms with E-state index >= 15 is 0 Å². The molecule has 0 aromatic heterocycles. The van der Waals surface area contributed by atoms with Crippen LogP contribution in [-0.4, -0.2) is 13.9 Å². The summed E-state index contributed by atoms with van der Waals surface area (Å²) in [5.74, 6) is 0. The number of hydrogen-bond donors (Lipinski definition) is 0. The third-order valence-electron chi connectivity index (χ3n) is 2.08. The van der Waals surface area contributed by atoms with Gasteiger partial charge in [0.1, 0.15) is 6.79 Å². The van der Waals surface area contributed by atoms with Crippen LogP contribution in [0.1, 0.15) is 25.0 Å². The molecule has 0 aliphatic heterocycles. The van der Waals surface area contributed by atoms with Crippen LogP contribution < -0.4 is 0 Å². The smallest absolute Gasteiger partial charge is 0.147 e. The Balaban J connectivity index is 2.90. The molecule has 0 fully saturated rings. The Bertz CT molecular complexity index is 295. The molecule has 1 aromatic rings. The number of benzene rings is 1. The minimum atomic E-state index is -0.119. The van der Waals surface area contributed by atoms with Crippen LogP contribution in [0, 0.1) is 0 Å². The highest BCUT2D eigenvalue weighted by Gasteiger charge is 2.16. The molecule has 84 valence electrons. The number of hydrogen-bond acceptors (Lipinski definition) is 2. The van der Waals surface area contributed by atoms with Crippen LogP contribution in [0.2, 0.25) is 10.0 Å². The molecule has 0 aliphatic carbocycles. The summed E-state index contributed by atoms with van der Waals surface area (Å²) in [5.41, 5.74) is 0.834. The highest BCUT2D eigenvalue weighted by atomic mass is 35.5. The second-order valence-electron chi connectivity index (χ2n) is 3.11. The third kappa shape index (κ3) is 3.35. The largest absolute Gasteiger partial charge is 0.359 e. The van der Waals surface area contributed by atoms with Crippen molar-refractivity contribution in [2.75, 3.05) is 13.9 Å². The molecule has 0 radical (unpaired) electrons. The van der Waals surface area contributed by atoms with E-state index in [0.717, 1.165) is 12.0 Å². The molecule has 1 unspecified atom stereocenters. The third-order valence-corrected chi connectivity index (χ3v) is 2.74. The molecule has 4 heteroatoms. The van der Waals surface area contributed by atoms with Gasteiger partial charge in [-0.1, -0.05) is 36.2 Å². The number of halogens is 2. The normalized spacial score (nSPS) is 12.8. The van der Waals surface area contributed by atoms with Gasteiger partial charge in [0.25, 0.3) is 0 Å². The number of rotatable bonds is 5. The van der Waals surface area contributed by atoms with E-state index in [2.05, 4.69) is 0 Å². The van der Waals surface area contributed by atoms with E-state index in [1.54, 1.807) is 7.11 Å². The SMILES string of the molecule is CCC(OCOC)c1c(Cl)cccc1Cl. The lowest BCUT2D eigenvalue weighted by molar-refractivity contribution is -0.0742. The molecule has 0 saturated carbocycles. The molecule has 1 rings (SSSR count). The first-order valence-corrected chi connectivity index (χ1v) is 5.50. The van der Waals surface area contributed by atoms with E-state index in [-0.39, 0.29) is 12.9 Å². The summed E-state index contributed by atoms with van der Waals surface area (Å²) < 4.78 is 10.4. The summed E-state index contributed by atoms with van der Waals surface area (Å²) in [7, 11) is 1.58. The van der Waals surface area contributed by atoms with Crippen LogP contribution in [-0.2, 0) is 9.47 Å². The topological polar surface area (TPSA) is 18.5 Å². The fraction of sp³-hybridized carbons (Fsp3) is 0.455. The maximum Gasteiger partial charge on any atom is 0.147 e. The Morgan fingerprint density at radius 3 is 2.33 bits per heavy atom. The first-order valence-electron chi connectivity index (χ1n) is 4.75. The summed E-state index contributed by atoms with van der Waals surface area (Å²) in [4.78, 5) is 0. The van der Waals surface area contributed by atoms with E-state index in [9.17, 15) is 0 Å². The van der Waals surface area contributed by atoms with Crippen molar-refractivity contribution in [2.24, 2.45) is 0 Å². The molecule has 0 bridgehead atoms. The van der Waals surface area contributed by atoms with Crippen LogP contribution in [0.4, 0.5) is 0 Å². The van der Waals surface area contributed by atoms with Gasteiger partial charge in [-0.15, -0.1) is 0 Å². The van der Waals surface area contributed by atoms with E-state index in [1.807, 2.05) is 25.1 Å². The quantitative estimate of drug-likeness (QED) is 0.732. The highest BCUT2D eigenvalue weighted by molar-refractivity contribution is 6.36. The molecule has 2 nitrogen and oxygen atoms in total. The molecular weight excluding hydrogens is 235 g/mol. The zero-order valence-electron chi connectivity index (χ0n) is 8.80. The van der Waals surface area contributed by atoms with Crippen LogP contribution in [0.15, 0.2) is 18.2 Å². The van der Waals surface area contributed by atoms with Crippen molar-refractivity contribution in [3.8, 4) is 0 Å². The minimum Gasteiger partial charge on any atom is -0.359 e. The van der Waals surface area contributed by atoms with Crippen molar-refractivity contribution < 1.29 is 9.47 Å². The highest BCUT2D eigenvalue weighted by Crippen LogP contribution is 2.33. The molecule has 0 spiro atoms. The molecule has 0 amide bonds. The van der Waals surface area contributed by atoms with Gasteiger partial charge in [-0.05, 0) is 18.6 Å². The fourth-order valence-corrected chi connectivity index (χ4v) is 2.01. The average molecular weight is 249 g/mol. The van der Waals surface area contributed by atoms with Gasteiger partial charge in [0.2, 0.25) is 0 Å². The molecule has 0 aliphatic rings. The molecule has 0 saturated heterocycles. The van der Waals surface area contributed by atoms with Crippen molar-refractivity contribution in [3.05, 3.63) is 33.8 Å². The van der Waals surface area contributed by atoms with E-state index in [0.29, 0.717) is 10.0 Å². The van der Waals surface area contributed by atoms with Gasteiger partial charge in [0, 0.05) is 22.7 Å². The Hall–Kier alpha value is -0.280. The first-order chi connectivity index (χ1) is 7.20. The Morgan fingerprint density at radius 1 is 1.27 bits per heavy atom. The standard InChI is InChI=1S/C11H14Cl2O2/c1-3-10(15-7-14-2)11-8(12)5-4-6-9(11)13/h4-6,10H,3,7H2,1-2H3. The number of ether oxygens (including phenoxy) is 2. The van der Waals surface area contributed by atoms with E-state index < -0.39 is 0 Å². The summed E-state index contributed by atoms with van der Waals surface area (Å²) in [5, 5.41) is 1.26. The predicted molar refractivity (Wildman–Crippen MR) is 62.5 cm³/mol. The molecule has 0 heterocycles. The van der Waals surface area contributed by atoms with Gasteiger partial charge >= 0.3 is 0 Å². The van der Waals surface area contributed by atoms with Gasteiger partial charge < -0.3 is 9.47 Å². The lowest BCUT2D eigenvalue weighted by Gasteiger charge is -2.18. The van der Waals surface area contributed by atoms with E-state index in [4.69, 9.17) is 32.7 Å². The van der Waals surface area contributed by atoms with Crippen LogP contribution in [0.3, 0.4) is 0 Å². The second-order valence-corrected chi connectivity index (χ2v) is 3.92. The number of methoxy groups -OCH3 is 1. The van der Waals surface area contributed by atoms with Gasteiger partial charge in [-0.2, -0.15) is 0 Å². The maximum atomic E-state index is 6.08.